The average Bonchev–Trinajstić information content (AvgIpc) is 3.18. The van der Waals surface area contributed by atoms with Crippen LogP contribution in [0.15, 0.2) is 0 Å². The van der Waals surface area contributed by atoms with Gasteiger partial charge in [-0.3, -0.25) is 4.90 Å². The van der Waals surface area contributed by atoms with Crippen LogP contribution in [0, 0.1) is 0 Å². The zero-order valence-electron chi connectivity index (χ0n) is 16.9. The molecule has 3 fully saturated rings. The summed E-state index contributed by atoms with van der Waals surface area (Å²) in [5.74, 6) is 3.34. The van der Waals surface area contributed by atoms with E-state index >= 15 is 0 Å². The Morgan fingerprint density at radius 1 is 0.963 bits per heavy atom. The number of rotatable bonds is 6. The lowest BCUT2D eigenvalue weighted by atomic mass is 9.94. The van der Waals surface area contributed by atoms with Crippen LogP contribution in [-0.2, 0) is 16.0 Å². The van der Waals surface area contributed by atoms with Gasteiger partial charge in [-0.1, -0.05) is 13.3 Å². The first-order valence-corrected chi connectivity index (χ1v) is 11.2. The molecule has 4 rings (SSSR count). The molecule has 1 atom stereocenters. The summed E-state index contributed by atoms with van der Waals surface area (Å²) in [6, 6.07) is 0.698. The summed E-state index contributed by atoms with van der Waals surface area (Å²) in [5, 5.41) is 5.00. The lowest BCUT2D eigenvalue weighted by Crippen LogP contribution is -2.45. The Morgan fingerprint density at radius 3 is 2.44 bits per heavy atom. The second kappa shape index (κ2) is 9.48. The van der Waals surface area contributed by atoms with E-state index in [1.807, 2.05) is 0 Å². The summed E-state index contributed by atoms with van der Waals surface area (Å²) in [7, 11) is 0. The lowest BCUT2D eigenvalue weighted by molar-refractivity contribution is 0.0232. The minimum atomic E-state index is 0.482. The molecule has 0 saturated carbocycles. The monoisotopic (exact) mass is 376 g/mol. The molecule has 3 aliphatic heterocycles. The van der Waals surface area contributed by atoms with Crippen molar-refractivity contribution < 1.29 is 9.47 Å². The maximum atomic E-state index is 5.57. The highest BCUT2D eigenvalue weighted by atomic mass is 16.5. The summed E-state index contributed by atoms with van der Waals surface area (Å²) in [6.07, 6.45) is 9.40. The Kier molecular flexibility index (Phi) is 6.79. The number of nitrogens with zero attached hydrogens (tertiary/aromatic N) is 4. The van der Waals surface area contributed by atoms with Crippen LogP contribution in [0.1, 0.15) is 81.8 Å². The summed E-state index contributed by atoms with van der Waals surface area (Å²) in [5.41, 5.74) is 0. The van der Waals surface area contributed by atoms with Gasteiger partial charge in [0.05, 0.1) is 0 Å². The molecule has 0 N–H and O–H groups in total. The van der Waals surface area contributed by atoms with Crippen molar-refractivity contribution in [2.45, 2.75) is 82.7 Å². The fraction of sp³-hybridized carbons (Fsp3) is 0.905. The van der Waals surface area contributed by atoms with Crippen LogP contribution in [0.3, 0.4) is 0 Å². The molecule has 152 valence electrons. The number of likely N-dealkylation sites (tertiary alicyclic amines) is 1. The molecule has 3 saturated heterocycles. The van der Waals surface area contributed by atoms with E-state index in [1.165, 1.54) is 50.9 Å². The maximum absolute atomic E-state index is 5.57. The van der Waals surface area contributed by atoms with E-state index in [0.29, 0.717) is 17.9 Å². The van der Waals surface area contributed by atoms with Crippen molar-refractivity contribution in [2.24, 2.45) is 0 Å². The molecule has 6 nitrogen and oxygen atoms in total. The second-order valence-electron chi connectivity index (χ2n) is 8.47. The third-order valence-corrected chi connectivity index (χ3v) is 6.55. The lowest BCUT2D eigenvalue weighted by Gasteiger charge is -2.39. The molecular weight excluding hydrogens is 340 g/mol. The molecule has 0 aromatic carbocycles. The summed E-state index contributed by atoms with van der Waals surface area (Å²) in [4.78, 5) is 7.85. The molecule has 0 radical (unpaired) electrons. The number of aryl methyl sites for hydroxylation is 1. The Balaban J connectivity index is 1.50. The Bertz CT molecular complexity index is 579. The number of hydrogen-bond donors (Lipinski definition) is 0. The molecule has 1 aromatic rings. The number of hydrogen-bond acceptors (Lipinski definition) is 5. The van der Waals surface area contributed by atoms with Gasteiger partial charge < -0.3 is 9.47 Å². The van der Waals surface area contributed by atoms with Crippen LogP contribution >= 0.6 is 0 Å². The van der Waals surface area contributed by atoms with Gasteiger partial charge in [-0.2, -0.15) is 5.10 Å². The van der Waals surface area contributed by atoms with Crippen LogP contribution in [-0.4, -0.2) is 65.2 Å². The van der Waals surface area contributed by atoms with Crippen molar-refractivity contribution in [3.63, 3.8) is 0 Å². The van der Waals surface area contributed by atoms with Crippen molar-refractivity contribution in [1.82, 2.24) is 19.7 Å². The quantitative estimate of drug-likeness (QED) is 0.762. The first-order valence-electron chi connectivity index (χ1n) is 11.2. The second-order valence-corrected chi connectivity index (χ2v) is 8.47. The van der Waals surface area contributed by atoms with E-state index in [0.717, 1.165) is 58.2 Å². The van der Waals surface area contributed by atoms with Gasteiger partial charge in [-0.05, 0) is 51.5 Å². The van der Waals surface area contributed by atoms with Crippen LogP contribution in [0.5, 0.6) is 0 Å². The number of piperidine rings is 1. The van der Waals surface area contributed by atoms with E-state index < -0.39 is 0 Å². The molecule has 4 heterocycles. The molecule has 6 heteroatoms. The van der Waals surface area contributed by atoms with Gasteiger partial charge in [0, 0.05) is 57.4 Å². The third-order valence-electron chi connectivity index (χ3n) is 6.55. The van der Waals surface area contributed by atoms with E-state index in [-0.39, 0.29) is 0 Å². The predicted octanol–water partition coefficient (Wildman–Crippen LogP) is 3.33. The number of ether oxygens (including phenoxy) is 2. The first-order chi connectivity index (χ1) is 13.3. The highest BCUT2D eigenvalue weighted by Gasteiger charge is 2.31. The van der Waals surface area contributed by atoms with Gasteiger partial charge >= 0.3 is 0 Å². The molecule has 0 aliphatic carbocycles. The molecule has 1 aromatic heterocycles. The minimum Gasteiger partial charge on any atom is -0.381 e. The summed E-state index contributed by atoms with van der Waals surface area (Å²) >= 11 is 0. The van der Waals surface area contributed by atoms with Crippen LogP contribution in [0.2, 0.25) is 0 Å². The van der Waals surface area contributed by atoms with Crippen LogP contribution in [0.4, 0.5) is 0 Å². The van der Waals surface area contributed by atoms with Crippen molar-refractivity contribution in [3.05, 3.63) is 11.6 Å². The predicted molar refractivity (Wildman–Crippen MR) is 105 cm³/mol. The van der Waals surface area contributed by atoms with Gasteiger partial charge in [0.15, 0.2) is 5.82 Å². The highest BCUT2D eigenvalue weighted by molar-refractivity contribution is 5.07. The summed E-state index contributed by atoms with van der Waals surface area (Å²) in [6.45, 7) is 9.19. The van der Waals surface area contributed by atoms with E-state index in [9.17, 15) is 0 Å². The number of unbranched alkanes of at least 4 members (excludes halogenated alkanes) is 1. The Morgan fingerprint density at radius 2 is 1.70 bits per heavy atom. The smallest absolute Gasteiger partial charge is 0.154 e. The SMILES string of the molecule is CCCCn1nc(C2CCOCC2)nc1C1CCCN(C2CCOCC2)C1. The molecule has 27 heavy (non-hydrogen) atoms. The van der Waals surface area contributed by atoms with Crippen molar-refractivity contribution in [1.29, 1.82) is 0 Å². The van der Waals surface area contributed by atoms with Gasteiger partial charge in [0.1, 0.15) is 5.82 Å². The zero-order valence-corrected chi connectivity index (χ0v) is 16.9. The van der Waals surface area contributed by atoms with Gasteiger partial charge in [-0.15, -0.1) is 0 Å². The zero-order chi connectivity index (χ0) is 18.5. The molecule has 0 amide bonds. The molecular formula is C21H36N4O2. The van der Waals surface area contributed by atoms with Crippen molar-refractivity contribution in [2.75, 3.05) is 39.5 Å². The van der Waals surface area contributed by atoms with Gasteiger partial charge in [-0.25, -0.2) is 9.67 Å². The van der Waals surface area contributed by atoms with Crippen molar-refractivity contribution in [3.8, 4) is 0 Å². The maximum Gasteiger partial charge on any atom is 0.154 e. The normalized spacial score (nSPS) is 26.5. The summed E-state index contributed by atoms with van der Waals surface area (Å²) < 4.78 is 13.4. The Hall–Kier alpha value is -0.980. The Labute approximate surface area is 163 Å². The standard InChI is InChI=1S/C21H36N4O2/c1-2-3-11-25-21(22-20(23-25)17-6-12-26-13-7-17)18-5-4-10-24(16-18)19-8-14-27-15-9-19/h17-19H,2-16H2,1H3. The molecule has 0 spiro atoms. The van der Waals surface area contributed by atoms with Gasteiger partial charge in [0.2, 0.25) is 0 Å². The van der Waals surface area contributed by atoms with E-state index in [1.54, 1.807) is 0 Å². The fourth-order valence-electron chi connectivity index (χ4n) is 4.87. The van der Waals surface area contributed by atoms with Crippen LogP contribution < -0.4 is 0 Å². The molecule has 1 unspecified atom stereocenters. The average molecular weight is 377 g/mol. The fourth-order valence-corrected chi connectivity index (χ4v) is 4.87. The molecule has 3 aliphatic rings. The minimum absolute atomic E-state index is 0.482. The topological polar surface area (TPSA) is 52.4 Å². The highest BCUT2D eigenvalue weighted by Crippen LogP contribution is 2.31. The first kappa shape index (κ1) is 19.3. The van der Waals surface area contributed by atoms with E-state index in [2.05, 4.69) is 16.5 Å². The number of aromatic nitrogens is 3. The third kappa shape index (κ3) is 4.72. The van der Waals surface area contributed by atoms with Gasteiger partial charge in [0.25, 0.3) is 0 Å². The van der Waals surface area contributed by atoms with E-state index in [4.69, 9.17) is 19.6 Å². The molecule has 0 bridgehead atoms. The van der Waals surface area contributed by atoms with Crippen molar-refractivity contribution >= 4 is 0 Å². The largest absolute Gasteiger partial charge is 0.381 e. The van der Waals surface area contributed by atoms with Crippen LogP contribution in [0.25, 0.3) is 0 Å².